The Morgan fingerprint density at radius 3 is 2.32 bits per heavy atom. The maximum atomic E-state index is 9.62. The molecule has 0 radical (unpaired) electrons. The maximum Gasteiger partial charge on any atom is 0.397 e. The van der Waals surface area contributed by atoms with Crippen molar-refractivity contribution in [2.75, 3.05) is 0 Å². The first kappa shape index (κ1) is 13.8. The van der Waals surface area contributed by atoms with Gasteiger partial charge in [0.2, 0.25) is 0 Å². The van der Waals surface area contributed by atoms with E-state index in [1.54, 1.807) is 0 Å². The molecule has 0 bridgehead atoms. The Hall–Kier alpha value is -1.79. The summed E-state index contributed by atoms with van der Waals surface area (Å²) in [6.07, 6.45) is 0. The van der Waals surface area contributed by atoms with E-state index in [9.17, 15) is 5.02 Å². The third-order valence-electron chi connectivity index (χ3n) is 3.90. The zero-order chi connectivity index (χ0) is 15.1. The van der Waals surface area contributed by atoms with Crippen LogP contribution in [0.3, 0.4) is 0 Å². The Morgan fingerprint density at radius 1 is 0.818 bits per heavy atom. The molecule has 4 heteroatoms. The summed E-state index contributed by atoms with van der Waals surface area (Å²) in [5, 5.41) is 11.9. The molecule has 0 aliphatic carbocycles. The minimum absolute atomic E-state index is 0.478. The van der Waals surface area contributed by atoms with Gasteiger partial charge in [0, 0.05) is 16.3 Å². The van der Waals surface area contributed by atoms with E-state index in [0.717, 1.165) is 38.5 Å². The van der Waals surface area contributed by atoms with Gasteiger partial charge in [0.1, 0.15) is 11.2 Å². The van der Waals surface area contributed by atoms with Crippen LogP contribution in [0.4, 0.5) is 0 Å². The van der Waals surface area contributed by atoms with Gasteiger partial charge in [0.05, 0.1) is 0 Å². The van der Waals surface area contributed by atoms with E-state index in [2.05, 4.69) is 24.3 Å². The van der Waals surface area contributed by atoms with Crippen LogP contribution in [0.2, 0.25) is 0 Å². The van der Waals surface area contributed by atoms with Crippen molar-refractivity contribution in [2.45, 2.75) is 0 Å². The molecular formula is C18H12BIO2. The Kier molecular flexibility index (Phi) is 3.43. The van der Waals surface area contributed by atoms with Crippen LogP contribution in [0.25, 0.3) is 33.1 Å². The van der Waals surface area contributed by atoms with Gasteiger partial charge >= 0.3 is 4.77 Å². The molecule has 3 aromatic carbocycles. The molecule has 0 aliphatic rings. The van der Waals surface area contributed by atoms with Gasteiger partial charge in [-0.05, 0) is 17.1 Å². The third kappa shape index (κ3) is 2.23. The summed E-state index contributed by atoms with van der Waals surface area (Å²) in [6.45, 7) is 0. The summed E-state index contributed by atoms with van der Waals surface area (Å²) in [5.41, 5.74) is 4.88. The summed E-state index contributed by atoms with van der Waals surface area (Å²) >= 11 is 2.00. The molecule has 1 aromatic heterocycles. The SMILES string of the molecule is OB(I)c1ccc(-c2cccc3c2oc2ccccc23)cc1. The van der Waals surface area contributed by atoms with Crippen molar-refractivity contribution in [1.82, 2.24) is 0 Å². The highest BCUT2D eigenvalue weighted by molar-refractivity contribution is 14.1. The first-order chi connectivity index (χ1) is 10.7. The number of hydrogen-bond donors (Lipinski definition) is 1. The monoisotopic (exact) mass is 398 g/mol. The van der Waals surface area contributed by atoms with Gasteiger partial charge in [-0.15, -0.1) is 22.4 Å². The van der Waals surface area contributed by atoms with Gasteiger partial charge in [0.25, 0.3) is 0 Å². The zero-order valence-electron chi connectivity index (χ0n) is 11.7. The molecule has 1 N–H and O–H groups in total. The molecule has 1 heterocycles. The standard InChI is InChI=1S/C18H12BIO2/c20-19(21)13-10-8-12(9-11-13)14-5-3-6-16-15-4-1-2-7-17(15)22-18(14)16/h1-11,21H. The number of benzene rings is 3. The second-order valence-corrected chi connectivity index (χ2v) is 6.42. The minimum atomic E-state index is -0.478. The van der Waals surface area contributed by atoms with E-state index in [0.29, 0.717) is 0 Å². The van der Waals surface area contributed by atoms with Crippen LogP contribution in [0.1, 0.15) is 0 Å². The highest BCUT2D eigenvalue weighted by Gasteiger charge is 2.13. The predicted octanol–water partition coefficient (Wildman–Crippen LogP) is 4.38. The molecule has 0 saturated heterocycles. The Bertz CT molecular complexity index is 958. The maximum absolute atomic E-state index is 9.62. The van der Waals surface area contributed by atoms with Gasteiger partial charge in [-0.2, -0.15) is 0 Å². The summed E-state index contributed by atoms with van der Waals surface area (Å²) in [5.74, 6) is 0. The minimum Gasteiger partial charge on any atom is -0.455 e. The van der Waals surface area contributed by atoms with Crippen molar-refractivity contribution in [2.24, 2.45) is 0 Å². The second kappa shape index (κ2) is 5.45. The lowest BCUT2D eigenvalue weighted by Gasteiger charge is -2.05. The molecular weight excluding hydrogens is 386 g/mol. The Balaban J connectivity index is 1.94. The molecule has 106 valence electrons. The highest BCUT2D eigenvalue weighted by Crippen LogP contribution is 2.35. The molecule has 22 heavy (non-hydrogen) atoms. The average Bonchev–Trinajstić information content (AvgIpc) is 2.93. The van der Waals surface area contributed by atoms with E-state index in [1.165, 1.54) is 0 Å². The van der Waals surface area contributed by atoms with Crippen molar-refractivity contribution in [3.8, 4) is 11.1 Å². The normalized spacial score (nSPS) is 11.2. The molecule has 0 unspecified atom stereocenters. The van der Waals surface area contributed by atoms with Gasteiger partial charge in [-0.25, -0.2) is 0 Å². The number of rotatable bonds is 2. The summed E-state index contributed by atoms with van der Waals surface area (Å²) in [6, 6.07) is 22.3. The van der Waals surface area contributed by atoms with E-state index in [-0.39, 0.29) is 0 Å². The number of halogens is 1. The number of hydrogen-bond acceptors (Lipinski definition) is 2. The first-order valence-electron chi connectivity index (χ1n) is 7.07. The van der Waals surface area contributed by atoms with Crippen LogP contribution in [0.5, 0.6) is 0 Å². The number of furan rings is 1. The molecule has 0 atom stereocenters. The van der Waals surface area contributed by atoms with E-state index >= 15 is 0 Å². The smallest absolute Gasteiger partial charge is 0.397 e. The van der Waals surface area contributed by atoms with Crippen molar-refractivity contribution < 1.29 is 9.44 Å². The van der Waals surface area contributed by atoms with Crippen molar-refractivity contribution >= 4 is 54.5 Å². The highest BCUT2D eigenvalue weighted by atomic mass is 127. The Morgan fingerprint density at radius 2 is 1.55 bits per heavy atom. The second-order valence-electron chi connectivity index (χ2n) is 5.24. The lowest BCUT2D eigenvalue weighted by atomic mass is 9.87. The fourth-order valence-corrected chi connectivity index (χ4v) is 3.21. The lowest BCUT2D eigenvalue weighted by molar-refractivity contribution is 0.612. The fraction of sp³-hybridized carbons (Fsp3) is 0. The molecule has 0 saturated carbocycles. The molecule has 0 fully saturated rings. The van der Waals surface area contributed by atoms with Gasteiger partial charge in [-0.1, -0.05) is 60.7 Å². The van der Waals surface area contributed by atoms with Crippen LogP contribution < -0.4 is 5.46 Å². The molecule has 0 amide bonds. The third-order valence-corrected chi connectivity index (χ3v) is 4.62. The summed E-state index contributed by atoms with van der Waals surface area (Å²) < 4.78 is 5.59. The molecule has 0 aliphatic heterocycles. The lowest BCUT2D eigenvalue weighted by Crippen LogP contribution is -2.22. The first-order valence-corrected chi connectivity index (χ1v) is 8.31. The largest absolute Gasteiger partial charge is 0.455 e. The van der Waals surface area contributed by atoms with E-state index in [4.69, 9.17) is 4.42 Å². The van der Waals surface area contributed by atoms with Crippen LogP contribution in [0.15, 0.2) is 71.1 Å². The van der Waals surface area contributed by atoms with E-state index in [1.807, 2.05) is 64.8 Å². The molecule has 4 rings (SSSR count). The van der Waals surface area contributed by atoms with Crippen molar-refractivity contribution in [3.63, 3.8) is 0 Å². The van der Waals surface area contributed by atoms with Gasteiger partial charge < -0.3 is 9.44 Å². The predicted molar refractivity (Wildman–Crippen MR) is 101 cm³/mol. The van der Waals surface area contributed by atoms with Crippen LogP contribution in [-0.2, 0) is 0 Å². The topological polar surface area (TPSA) is 33.4 Å². The van der Waals surface area contributed by atoms with Crippen LogP contribution in [0, 0.1) is 0 Å². The number of para-hydroxylation sites is 2. The summed E-state index contributed by atoms with van der Waals surface area (Å²) in [7, 11) is 0. The fourth-order valence-electron chi connectivity index (χ4n) is 2.80. The van der Waals surface area contributed by atoms with Crippen LogP contribution in [-0.4, -0.2) is 9.80 Å². The molecule has 4 aromatic rings. The molecule has 0 spiro atoms. The average molecular weight is 398 g/mol. The Labute approximate surface area is 141 Å². The van der Waals surface area contributed by atoms with Gasteiger partial charge in [0.15, 0.2) is 0 Å². The zero-order valence-corrected chi connectivity index (χ0v) is 13.8. The van der Waals surface area contributed by atoms with Crippen molar-refractivity contribution in [1.29, 1.82) is 0 Å². The van der Waals surface area contributed by atoms with Gasteiger partial charge in [-0.3, -0.25) is 0 Å². The molecule has 2 nitrogen and oxygen atoms in total. The van der Waals surface area contributed by atoms with Crippen LogP contribution >= 0.6 is 22.4 Å². The summed E-state index contributed by atoms with van der Waals surface area (Å²) in [4.78, 5) is 0. The van der Waals surface area contributed by atoms with E-state index < -0.39 is 4.77 Å². The quantitative estimate of drug-likeness (QED) is 0.402. The number of fused-ring (bicyclic) bond motifs is 3. The van der Waals surface area contributed by atoms with Crippen molar-refractivity contribution in [3.05, 3.63) is 66.7 Å².